The Morgan fingerprint density at radius 1 is 1.00 bits per heavy atom. The third-order valence-electron chi connectivity index (χ3n) is 3.96. The molecule has 0 rings (SSSR count). The van der Waals surface area contributed by atoms with Crippen LogP contribution >= 0.6 is 0 Å². The van der Waals surface area contributed by atoms with Crippen molar-refractivity contribution >= 4 is 0 Å². The van der Waals surface area contributed by atoms with E-state index in [9.17, 15) is 5.11 Å². The number of hydrogen-bond acceptors (Lipinski definition) is 3. The summed E-state index contributed by atoms with van der Waals surface area (Å²) in [6.45, 7) is 8.52. The highest BCUT2D eigenvalue weighted by Crippen LogP contribution is 2.10. The SMILES string of the molecule is C=CCOC[C@H](O)CN(C)CCCCCCCCCCCC. The average Bonchev–Trinajstić information content (AvgIpc) is 2.49. The molecule has 1 atom stereocenters. The Kier molecular flexibility index (Phi) is 16.7. The second-order valence-electron chi connectivity index (χ2n) is 6.42. The van der Waals surface area contributed by atoms with Crippen LogP contribution < -0.4 is 0 Å². The van der Waals surface area contributed by atoms with Crippen molar-refractivity contribution < 1.29 is 9.84 Å². The summed E-state index contributed by atoms with van der Waals surface area (Å²) >= 11 is 0. The molecule has 0 heterocycles. The lowest BCUT2D eigenvalue weighted by Gasteiger charge is -2.20. The minimum Gasteiger partial charge on any atom is -0.389 e. The molecule has 0 aliphatic carbocycles. The molecule has 0 aromatic heterocycles. The van der Waals surface area contributed by atoms with Gasteiger partial charge in [0.05, 0.1) is 19.3 Å². The van der Waals surface area contributed by atoms with Gasteiger partial charge in [-0.2, -0.15) is 0 Å². The molecule has 3 nitrogen and oxygen atoms in total. The molecular formula is C19H39NO2. The first-order valence-corrected chi connectivity index (χ1v) is 9.26. The van der Waals surface area contributed by atoms with Crippen LogP contribution in [0.1, 0.15) is 71.1 Å². The van der Waals surface area contributed by atoms with Crippen LogP contribution in [-0.2, 0) is 4.74 Å². The summed E-state index contributed by atoms with van der Waals surface area (Å²) in [6.07, 6.45) is 15.0. The molecule has 0 fully saturated rings. The second-order valence-corrected chi connectivity index (χ2v) is 6.42. The molecule has 0 aromatic rings. The first-order chi connectivity index (χ1) is 10.7. The molecular weight excluding hydrogens is 274 g/mol. The van der Waals surface area contributed by atoms with Gasteiger partial charge in [0.1, 0.15) is 0 Å². The largest absolute Gasteiger partial charge is 0.389 e. The molecule has 0 aliphatic rings. The lowest BCUT2D eigenvalue weighted by atomic mass is 10.1. The van der Waals surface area contributed by atoms with E-state index < -0.39 is 6.10 Å². The van der Waals surface area contributed by atoms with Crippen LogP contribution in [0.2, 0.25) is 0 Å². The fourth-order valence-corrected chi connectivity index (χ4v) is 2.66. The third kappa shape index (κ3) is 16.0. The molecule has 0 aliphatic heterocycles. The molecule has 0 amide bonds. The van der Waals surface area contributed by atoms with Crippen LogP contribution in [0.4, 0.5) is 0 Å². The Morgan fingerprint density at radius 2 is 1.55 bits per heavy atom. The van der Waals surface area contributed by atoms with E-state index in [1.165, 1.54) is 64.2 Å². The number of rotatable bonds is 17. The molecule has 0 saturated heterocycles. The van der Waals surface area contributed by atoms with Gasteiger partial charge in [-0.3, -0.25) is 0 Å². The summed E-state index contributed by atoms with van der Waals surface area (Å²) in [7, 11) is 2.07. The zero-order valence-electron chi connectivity index (χ0n) is 15.1. The Morgan fingerprint density at radius 3 is 2.09 bits per heavy atom. The van der Waals surface area contributed by atoms with Crippen molar-refractivity contribution in [2.24, 2.45) is 0 Å². The van der Waals surface area contributed by atoms with Crippen molar-refractivity contribution in [1.82, 2.24) is 4.90 Å². The van der Waals surface area contributed by atoms with Crippen LogP contribution in [0.15, 0.2) is 12.7 Å². The van der Waals surface area contributed by atoms with E-state index in [-0.39, 0.29) is 0 Å². The lowest BCUT2D eigenvalue weighted by molar-refractivity contribution is 0.0308. The second kappa shape index (κ2) is 17.0. The highest BCUT2D eigenvalue weighted by Gasteiger charge is 2.07. The number of aliphatic hydroxyl groups is 1. The first-order valence-electron chi connectivity index (χ1n) is 9.26. The van der Waals surface area contributed by atoms with Gasteiger partial charge in [-0.05, 0) is 20.0 Å². The summed E-state index contributed by atoms with van der Waals surface area (Å²) in [4.78, 5) is 2.20. The van der Waals surface area contributed by atoms with Gasteiger partial charge in [-0.15, -0.1) is 6.58 Å². The maximum absolute atomic E-state index is 9.81. The summed E-state index contributed by atoms with van der Waals surface area (Å²) in [5, 5.41) is 9.81. The van der Waals surface area contributed by atoms with E-state index in [0.717, 1.165) is 6.54 Å². The molecule has 0 aromatic carbocycles. The monoisotopic (exact) mass is 313 g/mol. The maximum Gasteiger partial charge on any atom is 0.0900 e. The molecule has 1 N–H and O–H groups in total. The molecule has 132 valence electrons. The number of nitrogens with zero attached hydrogens (tertiary/aromatic N) is 1. The van der Waals surface area contributed by atoms with Gasteiger partial charge in [-0.25, -0.2) is 0 Å². The Bertz CT molecular complexity index is 233. The van der Waals surface area contributed by atoms with Gasteiger partial charge in [-0.1, -0.05) is 70.8 Å². The molecule has 0 saturated carbocycles. The molecule has 3 heteroatoms. The van der Waals surface area contributed by atoms with E-state index in [0.29, 0.717) is 19.8 Å². The zero-order valence-corrected chi connectivity index (χ0v) is 15.1. The fourth-order valence-electron chi connectivity index (χ4n) is 2.66. The maximum atomic E-state index is 9.81. The van der Waals surface area contributed by atoms with Crippen LogP contribution in [-0.4, -0.2) is 49.5 Å². The molecule has 0 bridgehead atoms. The quantitative estimate of drug-likeness (QED) is 0.319. The minimum atomic E-state index is -0.395. The lowest BCUT2D eigenvalue weighted by Crippen LogP contribution is -2.32. The Hall–Kier alpha value is -0.380. The van der Waals surface area contributed by atoms with Gasteiger partial charge < -0.3 is 14.7 Å². The van der Waals surface area contributed by atoms with Crippen LogP contribution in [0, 0.1) is 0 Å². The highest BCUT2D eigenvalue weighted by atomic mass is 16.5. The summed E-state index contributed by atoms with van der Waals surface area (Å²) in [5.74, 6) is 0. The fraction of sp³-hybridized carbons (Fsp3) is 0.895. The van der Waals surface area contributed by atoms with E-state index in [2.05, 4.69) is 25.5 Å². The first kappa shape index (κ1) is 21.6. The van der Waals surface area contributed by atoms with Gasteiger partial charge >= 0.3 is 0 Å². The predicted octanol–water partition coefficient (Wildman–Crippen LogP) is 4.40. The van der Waals surface area contributed by atoms with E-state index in [1.807, 2.05) is 0 Å². The van der Waals surface area contributed by atoms with E-state index in [4.69, 9.17) is 4.74 Å². The number of hydrogen-bond donors (Lipinski definition) is 1. The number of unbranched alkanes of at least 4 members (excludes halogenated alkanes) is 9. The number of likely N-dealkylation sites (N-methyl/N-ethyl adjacent to an activating group) is 1. The van der Waals surface area contributed by atoms with Crippen molar-refractivity contribution in [2.75, 3.05) is 33.4 Å². The summed E-state index contributed by atoms with van der Waals surface area (Å²) in [5.41, 5.74) is 0. The predicted molar refractivity (Wildman–Crippen MR) is 96.4 cm³/mol. The van der Waals surface area contributed by atoms with Crippen molar-refractivity contribution in [3.05, 3.63) is 12.7 Å². The van der Waals surface area contributed by atoms with Gasteiger partial charge in [0.25, 0.3) is 0 Å². The van der Waals surface area contributed by atoms with Crippen molar-refractivity contribution in [3.8, 4) is 0 Å². The number of aliphatic hydroxyl groups excluding tert-OH is 1. The van der Waals surface area contributed by atoms with Crippen LogP contribution in [0.3, 0.4) is 0 Å². The molecule has 0 radical (unpaired) electrons. The van der Waals surface area contributed by atoms with Gasteiger partial charge in [0.15, 0.2) is 0 Å². The Labute approximate surface area is 138 Å². The van der Waals surface area contributed by atoms with Gasteiger partial charge in [0, 0.05) is 6.54 Å². The zero-order chi connectivity index (χ0) is 16.5. The topological polar surface area (TPSA) is 32.7 Å². The molecule has 0 spiro atoms. The van der Waals surface area contributed by atoms with Crippen molar-refractivity contribution in [3.63, 3.8) is 0 Å². The minimum absolute atomic E-state index is 0.395. The molecule has 0 unspecified atom stereocenters. The van der Waals surface area contributed by atoms with Crippen LogP contribution in [0.25, 0.3) is 0 Å². The van der Waals surface area contributed by atoms with E-state index in [1.54, 1.807) is 6.08 Å². The van der Waals surface area contributed by atoms with Crippen LogP contribution in [0.5, 0.6) is 0 Å². The van der Waals surface area contributed by atoms with Crippen molar-refractivity contribution in [1.29, 1.82) is 0 Å². The summed E-state index contributed by atoms with van der Waals surface area (Å²) < 4.78 is 5.26. The highest BCUT2D eigenvalue weighted by molar-refractivity contribution is 4.66. The number of ether oxygens (including phenoxy) is 1. The third-order valence-corrected chi connectivity index (χ3v) is 3.96. The van der Waals surface area contributed by atoms with Gasteiger partial charge in [0.2, 0.25) is 0 Å². The van der Waals surface area contributed by atoms with E-state index >= 15 is 0 Å². The Balaban J connectivity index is 3.27. The summed E-state index contributed by atoms with van der Waals surface area (Å²) in [6, 6.07) is 0. The smallest absolute Gasteiger partial charge is 0.0900 e. The standard InChI is InChI=1S/C19H39NO2/c1-4-6-7-8-9-10-11-12-13-14-15-20(3)17-19(21)18-22-16-5-2/h5,19,21H,2,4,6-18H2,1,3H3/t19-/m1/s1. The normalized spacial score (nSPS) is 12.7. The van der Waals surface area contributed by atoms with Crippen molar-refractivity contribution in [2.45, 2.75) is 77.2 Å². The average molecular weight is 314 g/mol. The molecule has 22 heavy (non-hydrogen) atoms.